The van der Waals surface area contributed by atoms with E-state index >= 15 is 0 Å². The summed E-state index contributed by atoms with van der Waals surface area (Å²) in [7, 11) is 0. The topological polar surface area (TPSA) is 45.6 Å². The lowest BCUT2D eigenvalue weighted by Gasteiger charge is -2.34. The number of carbonyl (C=O) groups excluding carboxylic acids is 1. The molecule has 2 aromatic rings. The second kappa shape index (κ2) is 9.86. The summed E-state index contributed by atoms with van der Waals surface area (Å²) < 4.78 is 2.46. The van der Waals surface area contributed by atoms with E-state index in [9.17, 15) is 9.59 Å². The zero-order chi connectivity index (χ0) is 23.8. The van der Waals surface area contributed by atoms with Crippen LogP contribution in [0.1, 0.15) is 64.4 Å². The van der Waals surface area contributed by atoms with Gasteiger partial charge in [0, 0.05) is 31.1 Å². The molecule has 1 amide bonds. The molecular weight excluding hydrogens is 462 g/mol. The molecule has 3 fully saturated rings. The van der Waals surface area contributed by atoms with Crippen LogP contribution in [0.3, 0.4) is 0 Å². The van der Waals surface area contributed by atoms with Gasteiger partial charge in [-0.3, -0.25) is 14.5 Å². The van der Waals surface area contributed by atoms with Crippen LogP contribution < -0.4 is 10.5 Å². The summed E-state index contributed by atoms with van der Waals surface area (Å²) in [5.41, 5.74) is 2.52. The lowest BCUT2D eigenvalue weighted by atomic mass is 9.94. The number of carbonyl (C=O) groups is 1. The monoisotopic (exact) mass is 495 g/mol. The number of nitrogens with zero attached hydrogens (tertiary/aromatic N) is 3. The van der Waals surface area contributed by atoms with Gasteiger partial charge in [0.2, 0.25) is 0 Å². The van der Waals surface area contributed by atoms with Crippen molar-refractivity contribution in [1.29, 1.82) is 0 Å². The maximum absolute atomic E-state index is 13.8. The average Bonchev–Trinajstić information content (AvgIpc) is 3.13. The van der Waals surface area contributed by atoms with Crippen LogP contribution in [0.4, 0.5) is 5.69 Å². The smallest absolute Gasteiger partial charge is 0.266 e. The van der Waals surface area contributed by atoms with Gasteiger partial charge >= 0.3 is 0 Å². The Labute approximate surface area is 211 Å². The van der Waals surface area contributed by atoms with Crippen LogP contribution in [0, 0.1) is 5.92 Å². The van der Waals surface area contributed by atoms with Crippen molar-refractivity contribution in [3.05, 3.63) is 45.1 Å². The number of amides is 1. The first-order chi connectivity index (χ1) is 16.5. The Hall–Kier alpha value is -2.12. The van der Waals surface area contributed by atoms with E-state index in [0.717, 1.165) is 68.2 Å². The maximum Gasteiger partial charge on any atom is 0.266 e. The maximum atomic E-state index is 13.8. The van der Waals surface area contributed by atoms with E-state index < -0.39 is 0 Å². The molecule has 3 aliphatic rings. The van der Waals surface area contributed by atoms with Gasteiger partial charge in [-0.25, -0.2) is 0 Å². The van der Waals surface area contributed by atoms with Gasteiger partial charge in [-0.1, -0.05) is 68.4 Å². The van der Waals surface area contributed by atoms with Gasteiger partial charge in [-0.05, 0) is 50.7 Å². The highest BCUT2D eigenvalue weighted by Gasteiger charge is 2.38. The number of hydrogen-bond donors (Lipinski definition) is 0. The first kappa shape index (κ1) is 23.6. The number of benzene rings is 1. The molecule has 1 aliphatic carbocycles. The molecule has 1 aromatic heterocycles. The molecule has 0 N–H and O–H groups in total. The average molecular weight is 496 g/mol. The highest BCUT2D eigenvalue weighted by atomic mass is 32.2. The van der Waals surface area contributed by atoms with Crippen molar-refractivity contribution < 1.29 is 4.79 Å². The highest BCUT2D eigenvalue weighted by molar-refractivity contribution is 8.26. The number of piperidine rings is 1. The molecule has 0 radical (unpaired) electrons. The van der Waals surface area contributed by atoms with Crippen molar-refractivity contribution in [1.82, 2.24) is 9.47 Å². The Morgan fingerprint density at radius 2 is 1.76 bits per heavy atom. The number of hydrogen-bond acceptors (Lipinski definition) is 5. The van der Waals surface area contributed by atoms with Crippen LogP contribution in [0.15, 0.2) is 34.0 Å². The van der Waals surface area contributed by atoms with Crippen molar-refractivity contribution in [3.63, 3.8) is 0 Å². The fourth-order valence-corrected chi connectivity index (χ4v) is 7.07. The summed E-state index contributed by atoms with van der Waals surface area (Å²) in [4.78, 5) is 32.1. The summed E-state index contributed by atoms with van der Waals surface area (Å²) in [6, 6.07) is 8.36. The van der Waals surface area contributed by atoms with Crippen molar-refractivity contribution >= 4 is 56.9 Å². The van der Waals surface area contributed by atoms with Crippen molar-refractivity contribution in [3.8, 4) is 0 Å². The fraction of sp³-hybridized carbons (Fsp3) is 0.519. The van der Waals surface area contributed by atoms with Gasteiger partial charge < -0.3 is 9.47 Å². The second-order valence-corrected chi connectivity index (χ2v) is 11.5. The number of rotatable bonds is 4. The lowest BCUT2D eigenvalue weighted by Crippen LogP contribution is -2.39. The SMILES string of the molecule is CCn1c(=O)c(C=C2SC(=S)N(C3CCCCC3)C2=O)c(N2CCC(C)CC2)c2ccccc21. The first-order valence-electron chi connectivity index (χ1n) is 12.7. The molecule has 5 rings (SSSR count). The van der Waals surface area contributed by atoms with E-state index in [2.05, 4.69) is 17.9 Å². The van der Waals surface area contributed by atoms with Gasteiger partial charge in [0.1, 0.15) is 4.32 Å². The molecule has 0 unspecified atom stereocenters. The molecule has 5 nitrogen and oxygen atoms in total. The van der Waals surface area contributed by atoms with E-state index in [-0.39, 0.29) is 17.5 Å². The summed E-state index contributed by atoms with van der Waals surface area (Å²) in [6.07, 6.45) is 9.59. The third kappa shape index (κ3) is 4.22. The Bertz CT molecular complexity index is 1200. The normalized spacial score (nSPS) is 21.9. The van der Waals surface area contributed by atoms with Crippen molar-refractivity contribution in [2.24, 2.45) is 5.92 Å². The summed E-state index contributed by atoms with van der Waals surface area (Å²) in [5, 5.41) is 1.08. The van der Waals surface area contributed by atoms with E-state index in [1.165, 1.54) is 18.2 Å². The number of anilines is 1. The summed E-state index contributed by atoms with van der Waals surface area (Å²) in [6.45, 7) is 6.72. The predicted octanol–water partition coefficient (Wildman–Crippen LogP) is 5.79. The molecule has 3 heterocycles. The first-order valence-corrected chi connectivity index (χ1v) is 13.9. The molecule has 2 aliphatic heterocycles. The number of fused-ring (bicyclic) bond motifs is 1. The molecule has 34 heavy (non-hydrogen) atoms. The number of aromatic nitrogens is 1. The number of para-hydroxylation sites is 1. The largest absolute Gasteiger partial charge is 0.370 e. The Kier molecular flexibility index (Phi) is 6.85. The van der Waals surface area contributed by atoms with E-state index in [1.807, 2.05) is 40.7 Å². The van der Waals surface area contributed by atoms with Gasteiger partial charge in [-0.15, -0.1) is 0 Å². The molecule has 180 valence electrons. The molecular formula is C27H33N3O2S2. The lowest BCUT2D eigenvalue weighted by molar-refractivity contribution is -0.124. The standard InChI is InChI=1S/C27H33N3O2S2/c1-3-29-22-12-8-7-11-20(22)24(28-15-13-18(2)14-16-28)21(25(29)31)17-23-26(32)30(27(33)34-23)19-9-5-4-6-10-19/h7-8,11-12,17-19H,3-6,9-10,13-16H2,1-2H3. The Morgan fingerprint density at radius 1 is 1.06 bits per heavy atom. The number of thioether (sulfide) groups is 1. The molecule has 0 spiro atoms. The zero-order valence-electron chi connectivity index (χ0n) is 20.1. The number of thiocarbonyl (C=S) groups is 1. The van der Waals surface area contributed by atoms with Crippen LogP contribution in [-0.4, -0.2) is 38.8 Å². The summed E-state index contributed by atoms with van der Waals surface area (Å²) in [5.74, 6) is 0.657. The molecule has 1 saturated carbocycles. The van der Waals surface area contributed by atoms with Crippen LogP contribution in [0.5, 0.6) is 0 Å². The van der Waals surface area contributed by atoms with Crippen LogP contribution in [0.2, 0.25) is 0 Å². The van der Waals surface area contributed by atoms with Gasteiger partial charge in [0.15, 0.2) is 0 Å². The summed E-state index contributed by atoms with van der Waals surface area (Å²) >= 11 is 7.01. The van der Waals surface area contributed by atoms with Crippen LogP contribution in [0.25, 0.3) is 17.0 Å². The van der Waals surface area contributed by atoms with Gasteiger partial charge in [0.25, 0.3) is 11.5 Å². The highest BCUT2D eigenvalue weighted by Crippen LogP contribution is 2.39. The Morgan fingerprint density at radius 3 is 2.47 bits per heavy atom. The third-order valence-corrected chi connectivity index (χ3v) is 8.97. The predicted molar refractivity (Wildman–Crippen MR) is 146 cm³/mol. The van der Waals surface area contributed by atoms with Crippen molar-refractivity contribution in [2.45, 2.75) is 71.4 Å². The van der Waals surface area contributed by atoms with Crippen molar-refractivity contribution in [2.75, 3.05) is 18.0 Å². The molecule has 1 aromatic carbocycles. The Balaban J connectivity index is 1.64. The van der Waals surface area contributed by atoms with E-state index in [0.29, 0.717) is 27.3 Å². The minimum Gasteiger partial charge on any atom is -0.370 e. The molecule has 7 heteroatoms. The fourth-order valence-electron chi connectivity index (χ4n) is 5.69. The zero-order valence-corrected chi connectivity index (χ0v) is 21.7. The minimum absolute atomic E-state index is 0.0299. The minimum atomic E-state index is -0.0317. The number of pyridine rings is 1. The molecule has 0 atom stereocenters. The number of aryl methyl sites for hydroxylation is 1. The quantitative estimate of drug-likeness (QED) is 0.397. The van der Waals surface area contributed by atoms with E-state index in [4.69, 9.17) is 12.2 Å². The van der Waals surface area contributed by atoms with Gasteiger partial charge in [-0.2, -0.15) is 0 Å². The van der Waals surface area contributed by atoms with Gasteiger partial charge in [0.05, 0.1) is 21.7 Å². The third-order valence-electron chi connectivity index (χ3n) is 7.64. The molecule has 2 saturated heterocycles. The molecule has 0 bridgehead atoms. The van der Waals surface area contributed by atoms with Crippen LogP contribution in [-0.2, 0) is 11.3 Å². The second-order valence-electron chi connectivity index (χ2n) is 9.84. The van der Waals surface area contributed by atoms with E-state index in [1.54, 1.807) is 0 Å². The van der Waals surface area contributed by atoms with Crippen LogP contribution >= 0.6 is 24.0 Å².